The predicted molar refractivity (Wildman–Crippen MR) is 51.5 cm³/mol. The Morgan fingerprint density at radius 1 is 1.27 bits per heavy atom. The maximum atomic E-state index is 13.0. The van der Waals surface area contributed by atoms with Gasteiger partial charge >= 0.3 is 0 Å². The van der Waals surface area contributed by atoms with Crippen LogP contribution in [0.2, 0.25) is 0 Å². The van der Waals surface area contributed by atoms with Crippen molar-refractivity contribution in [2.45, 2.75) is 5.92 Å². The zero-order valence-corrected chi connectivity index (χ0v) is 8.04. The predicted octanol–water partition coefficient (Wildman–Crippen LogP) is 1.47. The van der Waals surface area contributed by atoms with Crippen LogP contribution in [0.3, 0.4) is 0 Å². The average molecular weight is 211 g/mol. The molecule has 1 aliphatic rings. The van der Waals surface area contributed by atoms with E-state index in [9.17, 15) is 13.6 Å². The van der Waals surface area contributed by atoms with Gasteiger partial charge in [0.2, 0.25) is 0 Å². The Hall–Kier alpha value is -1.29. The summed E-state index contributed by atoms with van der Waals surface area (Å²) in [7, 11) is 0. The quantitative estimate of drug-likeness (QED) is 0.750. The highest BCUT2D eigenvalue weighted by Gasteiger charge is 2.28. The molecule has 1 heterocycles. The summed E-state index contributed by atoms with van der Waals surface area (Å²) in [6.07, 6.45) is 0.867. The summed E-state index contributed by atoms with van der Waals surface area (Å²) >= 11 is 0. The number of hydrogen-bond acceptors (Lipinski definition) is 2. The molecule has 2 nitrogen and oxygen atoms in total. The molecule has 0 aliphatic carbocycles. The second-order valence-electron chi connectivity index (χ2n) is 3.74. The molecule has 2 atom stereocenters. The number of aldehydes is 1. The first-order valence-electron chi connectivity index (χ1n) is 4.83. The second kappa shape index (κ2) is 4.06. The molecule has 2 rings (SSSR count). The molecule has 1 aromatic carbocycles. The first-order chi connectivity index (χ1) is 7.22. The molecule has 1 fully saturated rings. The van der Waals surface area contributed by atoms with E-state index in [1.165, 1.54) is 12.1 Å². The highest BCUT2D eigenvalue weighted by Crippen LogP contribution is 2.27. The van der Waals surface area contributed by atoms with Gasteiger partial charge in [0.1, 0.15) is 6.29 Å². The van der Waals surface area contributed by atoms with Gasteiger partial charge in [-0.1, -0.05) is 6.07 Å². The van der Waals surface area contributed by atoms with Gasteiger partial charge in [-0.3, -0.25) is 0 Å². The lowest BCUT2D eigenvalue weighted by atomic mass is 9.90. The lowest BCUT2D eigenvalue weighted by Crippen LogP contribution is -2.12. The standard InChI is InChI=1S/C11H11F2NO/c12-10-2-1-7(3-11(10)13)9-5-14-4-8(9)6-15/h1-3,6,8-9,14H,4-5H2. The molecule has 2 unspecified atom stereocenters. The van der Waals surface area contributed by atoms with Gasteiger partial charge in [0.25, 0.3) is 0 Å². The van der Waals surface area contributed by atoms with Crippen LogP contribution < -0.4 is 5.32 Å². The molecule has 1 aliphatic heterocycles. The fourth-order valence-corrected chi connectivity index (χ4v) is 1.95. The van der Waals surface area contributed by atoms with Crippen LogP contribution in [-0.4, -0.2) is 19.4 Å². The summed E-state index contributed by atoms with van der Waals surface area (Å²) in [5.41, 5.74) is 0.677. The van der Waals surface area contributed by atoms with Gasteiger partial charge < -0.3 is 10.1 Å². The van der Waals surface area contributed by atoms with Crippen molar-refractivity contribution in [2.75, 3.05) is 13.1 Å². The zero-order valence-electron chi connectivity index (χ0n) is 8.04. The van der Waals surface area contributed by atoms with E-state index in [1.807, 2.05) is 0 Å². The van der Waals surface area contributed by atoms with Gasteiger partial charge in [-0.15, -0.1) is 0 Å². The minimum atomic E-state index is -0.857. The third-order valence-electron chi connectivity index (χ3n) is 2.81. The molecular weight excluding hydrogens is 200 g/mol. The number of hydrogen-bond donors (Lipinski definition) is 1. The number of benzene rings is 1. The maximum Gasteiger partial charge on any atom is 0.159 e. The molecule has 1 aromatic rings. The van der Waals surface area contributed by atoms with Crippen molar-refractivity contribution in [3.8, 4) is 0 Å². The number of halogens is 2. The average Bonchev–Trinajstić information content (AvgIpc) is 2.70. The minimum absolute atomic E-state index is 0.0439. The van der Waals surface area contributed by atoms with Gasteiger partial charge in [0, 0.05) is 24.9 Å². The fourth-order valence-electron chi connectivity index (χ4n) is 1.95. The Balaban J connectivity index is 2.28. The van der Waals surface area contributed by atoms with Crippen molar-refractivity contribution >= 4 is 6.29 Å². The molecule has 4 heteroatoms. The van der Waals surface area contributed by atoms with Crippen LogP contribution in [0.15, 0.2) is 18.2 Å². The smallest absolute Gasteiger partial charge is 0.159 e. The fraction of sp³-hybridized carbons (Fsp3) is 0.364. The molecule has 0 radical (unpaired) electrons. The SMILES string of the molecule is O=CC1CNCC1c1ccc(F)c(F)c1. The van der Waals surface area contributed by atoms with Crippen molar-refractivity contribution in [3.63, 3.8) is 0 Å². The van der Waals surface area contributed by atoms with Gasteiger partial charge in [-0.25, -0.2) is 8.78 Å². The van der Waals surface area contributed by atoms with Gasteiger partial charge in [0.05, 0.1) is 0 Å². The Bertz CT molecular complexity index is 381. The van der Waals surface area contributed by atoms with E-state index in [2.05, 4.69) is 5.32 Å². The molecule has 1 saturated heterocycles. The van der Waals surface area contributed by atoms with Crippen molar-refractivity contribution in [1.82, 2.24) is 5.32 Å². The number of rotatable bonds is 2. The Kier molecular flexibility index (Phi) is 2.77. The Labute approximate surface area is 86.3 Å². The number of nitrogens with one attached hydrogen (secondary N) is 1. The number of carbonyl (C=O) groups excluding carboxylic acids is 1. The third-order valence-corrected chi connectivity index (χ3v) is 2.81. The third kappa shape index (κ3) is 1.90. The van der Waals surface area contributed by atoms with Crippen LogP contribution in [0.4, 0.5) is 8.78 Å². The summed E-state index contributed by atoms with van der Waals surface area (Å²) in [6, 6.07) is 3.81. The first-order valence-corrected chi connectivity index (χ1v) is 4.83. The van der Waals surface area contributed by atoms with E-state index in [-0.39, 0.29) is 11.8 Å². The summed E-state index contributed by atoms with van der Waals surface area (Å²) in [6.45, 7) is 1.24. The van der Waals surface area contributed by atoms with E-state index in [0.29, 0.717) is 18.7 Å². The van der Waals surface area contributed by atoms with Crippen LogP contribution in [0.5, 0.6) is 0 Å². The van der Waals surface area contributed by atoms with Crippen LogP contribution in [0.25, 0.3) is 0 Å². The number of carbonyl (C=O) groups is 1. The van der Waals surface area contributed by atoms with E-state index in [4.69, 9.17) is 0 Å². The van der Waals surface area contributed by atoms with Crippen LogP contribution in [-0.2, 0) is 4.79 Å². The van der Waals surface area contributed by atoms with Gasteiger partial charge in [-0.05, 0) is 17.7 Å². The zero-order chi connectivity index (χ0) is 10.8. The molecule has 15 heavy (non-hydrogen) atoms. The topological polar surface area (TPSA) is 29.1 Å². The van der Waals surface area contributed by atoms with Crippen molar-refractivity contribution < 1.29 is 13.6 Å². The molecule has 0 bridgehead atoms. The largest absolute Gasteiger partial charge is 0.315 e. The van der Waals surface area contributed by atoms with E-state index in [0.717, 1.165) is 12.4 Å². The first kappa shape index (κ1) is 10.2. The molecule has 80 valence electrons. The second-order valence-corrected chi connectivity index (χ2v) is 3.74. The van der Waals surface area contributed by atoms with E-state index in [1.54, 1.807) is 0 Å². The normalized spacial score (nSPS) is 25.5. The van der Waals surface area contributed by atoms with E-state index >= 15 is 0 Å². The lowest BCUT2D eigenvalue weighted by Gasteiger charge is -2.13. The summed E-state index contributed by atoms with van der Waals surface area (Å²) in [5, 5.41) is 3.06. The lowest BCUT2D eigenvalue weighted by molar-refractivity contribution is -0.110. The molecule has 0 saturated carbocycles. The summed E-state index contributed by atoms with van der Waals surface area (Å²) < 4.78 is 25.7. The summed E-state index contributed by atoms with van der Waals surface area (Å²) in [4.78, 5) is 10.7. The molecule has 0 aromatic heterocycles. The molecular formula is C11H11F2NO. The van der Waals surface area contributed by atoms with Gasteiger partial charge in [0.15, 0.2) is 11.6 Å². The highest BCUT2D eigenvalue weighted by atomic mass is 19.2. The van der Waals surface area contributed by atoms with Crippen molar-refractivity contribution in [2.24, 2.45) is 5.92 Å². The molecule has 0 amide bonds. The monoisotopic (exact) mass is 211 g/mol. The van der Waals surface area contributed by atoms with Crippen LogP contribution in [0.1, 0.15) is 11.5 Å². The van der Waals surface area contributed by atoms with Gasteiger partial charge in [-0.2, -0.15) is 0 Å². The van der Waals surface area contributed by atoms with Crippen molar-refractivity contribution in [1.29, 1.82) is 0 Å². The molecule has 1 N–H and O–H groups in total. The van der Waals surface area contributed by atoms with E-state index < -0.39 is 11.6 Å². The maximum absolute atomic E-state index is 13.0. The van der Waals surface area contributed by atoms with Crippen LogP contribution in [0, 0.1) is 17.6 Å². The highest BCUT2D eigenvalue weighted by molar-refractivity contribution is 5.57. The summed E-state index contributed by atoms with van der Waals surface area (Å²) in [5.74, 6) is -1.90. The van der Waals surface area contributed by atoms with Crippen LogP contribution >= 0.6 is 0 Å². The molecule has 0 spiro atoms. The minimum Gasteiger partial charge on any atom is -0.315 e. The van der Waals surface area contributed by atoms with Crippen molar-refractivity contribution in [3.05, 3.63) is 35.4 Å². The Morgan fingerprint density at radius 3 is 2.73 bits per heavy atom. The Morgan fingerprint density at radius 2 is 2.07 bits per heavy atom.